The Bertz CT molecular complexity index is 1540. The molecule has 4 aromatic rings. The zero-order chi connectivity index (χ0) is 26.3. The van der Waals surface area contributed by atoms with E-state index in [4.69, 9.17) is 30.2 Å². The predicted molar refractivity (Wildman–Crippen MR) is 139 cm³/mol. The number of Topliss-reactive ketones (excluding diaryl/α,β-unsaturated/α-hetero) is 1. The second-order valence-electron chi connectivity index (χ2n) is 8.26. The maximum atomic E-state index is 13.8. The van der Waals surface area contributed by atoms with Crippen molar-refractivity contribution < 1.29 is 33.3 Å². The van der Waals surface area contributed by atoms with Gasteiger partial charge in [0.1, 0.15) is 0 Å². The van der Waals surface area contributed by atoms with E-state index in [-0.39, 0.29) is 17.9 Å². The third-order valence-electron chi connectivity index (χ3n) is 6.17. The Morgan fingerprint density at radius 1 is 1.05 bits per heavy atom. The molecule has 0 saturated heterocycles. The molecule has 1 aliphatic rings. The molecular weight excluding hydrogens is 518 g/mol. The molecule has 0 fully saturated rings. The summed E-state index contributed by atoms with van der Waals surface area (Å²) >= 11 is 7.65. The molecule has 0 bridgehead atoms. The van der Waals surface area contributed by atoms with E-state index >= 15 is 0 Å². The monoisotopic (exact) mass is 539 g/mol. The lowest BCUT2D eigenvalue weighted by Crippen LogP contribution is -2.30. The van der Waals surface area contributed by atoms with Gasteiger partial charge in [-0.3, -0.25) is 9.59 Å². The van der Waals surface area contributed by atoms with E-state index in [1.54, 1.807) is 30.3 Å². The van der Waals surface area contributed by atoms with Gasteiger partial charge in [-0.25, -0.2) is 0 Å². The molecule has 1 aliphatic heterocycles. The van der Waals surface area contributed by atoms with E-state index in [9.17, 15) is 14.7 Å². The highest BCUT2D eigenvalue weighted by atomic mass is 35.5. The van der Waals surface area contributed by atoms with Gasteiger partial charge in [0.2, 0.25) is 5.78 Å². The number of hydrogen-bond acceptors (Lipinski definition) is 8. The highest BCUT2D eigenvalue weighted by molar-refractivity contribution is 7.09. The Kier molecular flexibility index (Phi) is 6.57. The van der Waals surface area contributed by atoms with Crippen molar-refractivity contribution in [3.63, 3.8) is 0 Å². The van der Waals surface area contributed by atoms with E-state index in [0.29, 0.717) is 38.8 Å². The molecule has 1 atom stereocenters. The fourth-order valence-electron chi connectivity index (χ4n) is 4.47. The Morgan fingerprint density at radius 3 is 2.49 bits per heavy atom. The first-order valence-electron chi connectivity index (χ1n) is 11.2. The lowest BCUT2D eigenvalue weighted by Gasteiger charge is -2.26. The summed E-state index contributed by atoms with van der Waals surface area (Å²) in [4.78, 5) is 29.5. The number of furan rings is 1. The summed E-state index contributed by atoms with van der Waals surface area (Å²) in [5, 5.41) is 13.9. The van der Waals surface area contributed by atoms with Crippen LogP contribution >= 0.6 is 22.9 Å². The van der Waals surface area contributed by atoms with Crippen LogP contribution in [0.3, 0.4) is 0 Å². The number of aliphatic hydroxyl groups is 1. The van der Waals surface area contributed by atoms with Crippen molar-refractivity contribution in [2.24, 2.45) is 0 Å². The van der Waals surface area contributed by atoms with Crippen LogP contribution in [-0.2, 0) is 11.3 Å². The van der Waals surface area contributed by atoms with Crippen molar-refractivity contribution in [3.05, 3.63) is 86.5 Å². The van der Waals surface area contributed by atoms with Crippen LogP contribution in [0.5, 0.6) is 17.2 Å². The van der Waals surface area contributed by atoms with E-state index < -0.39 is 23.5 Å². The SMILES string of the molecule is COc1ccc(C2C(C(=O)c3cc4cc(Cl)cc(OC)c4o3)=C(O)C(=O)N2Cc2cccs2)cc1OC. The summed E-state index contributed by atoms with van der Waals surface area (Å²) < 4.78 is 22.0. The summed E-state index contributed by atoms with van der Waals surface area (Å²) in [5.74, 6) is -0.715. The average Bonchev–Trinajstić information content (AvgIpc) is 3.63. The number of thiophene rings is 1. The van der Waals surface area contributed by atoms with Gasteiger partial charge in [-0.05, 0) is 41.3 Å². The summed E-state index contributed by atoms with van der Waals surface area (Å²) in [6, 6.07) is 12.7. The lowest BCUT2D eigenvalue weighted by molar-refractivity contribution is -0.130. The van der Waals surface area contributed by atoms with Gasteiger partial charge in [-0.15, -0.1) is 11.3 Å². The Labute approximate surface area is 221 Å². The molecule has 0 saturated carbocycles. The number of ketones is 1. The summed E-state index contributed by atoms with van der Waals surface area (Å²) in [6.07, 6.45) is 0. The third kappa shape index (κ3) is 4.30. The number of rotatable bonds is 8. The molecule has 1 unspecified atom stereocenters. The smallest absolute Gasteiger partial charge is 0.290 e. The number of carbonyl (C=O) groups excluding carboxylic acids is 2. The molecule has 1 N–H and O–H groups in total. The molecule has 2 aromatic heterocycles. The standard InChI is InChI=1S/C27H22ClNO7S/c1-33-18-7-6-14(10-19(18)34-2)23-22(25(31)27(32)29(23)13-17-5-4-8-37-17)24(30)20-11-15-9-16(28)12-21(35-3)26(15)36-20/h4-12,23,31H,13H2,1-3H3. The zero-order valence-corrected chi connectivity index (χ0v) is 21.7. The quantitative estimate of drug-likeness (QED) is 0.276. The molecule has 10 heteroatoms. The largest absolute Gasteiger partial charge is 0.503 e. The number of ether oxygens (including phenoxy) is 3. The molecule has 37 heavy (non-hydrogen) atoms. The fourth-order valence-corrected chi connectivity index (χ4v) is 5.39. The Morgan fingerprint density at radius 2 is 1.81 bits per heavy atom. The van der Waals surface area contributed by atoms with Crippen LogP contribution < -0.4 is 14.2 Å². The highest BCUT2D eigenvalue weighted by Crippen LogP contribution is 2.43. The molecule has 0 aliphatic carbocycles. The predicted octanol–water partition coefficient (Wildman–Crippen LogP) is 5.95. The van der Waals surface area contributed by atoms with Crippen LogP contribution in [-0.4, -0.2) is 43.0 Å². The van der Waals surface area contributed by atoms with Crippen molar-refractivity contribution >= 4 is 45.6 Å². The molecule has 2 aromatic carbocycles. The average molecular weight is 540 g/mol. The molecule has 0 radical (unpaired) electrons. The van der Waals surface area contributed by atoms with Crippen molar-refractivity contribution in [2.75, 3.05) is 21.3 Å². The summed E-state index contributed by atoms with van der Waals surface area (Å²) in [7, 11) is 4.48. The van der Waals surface area contributed by atoms with Crippen molar-refractivity contribution in [3.8, 4) is 17.2 Å². The molecule has 3 heterocycles. The molecule has 5 rings (SSSR count). The van der Waals surface area contributed by atoms with Gasteiger partial charge < -0.3 is 28.6 Å². The summed E-state index contributed by atoms with van der Waals surface area (Å²) in [5.41, 5.74) is 0.794. The van der Waals surface area contributed by atoms with Crippen molar-refractivity contribution in [1.82, 2.24) is 4.90 Å². The first-order valence-corrected chi connectivity index (χ1v) is 12.4. The van der Waals surface area contributed by atoms with E-state index in [2.05, 4.69) is 0 Å². The normalized spacial score (nSPS) is 15.5. The maximum absolute atomic E-state index is 13.8. The Hall–Kier alpha value is -3.95. The van der Waals surface area contributed by atoms with Gasteiger partial charge >= 0.3 is 0 Å². The van der Waals surface area contributed by atoms with Crippen LogP contribution in [0.1, 0.15) is 27.0 Å². The molecular formula is C27H22ClNO7S. The molecule has 0 spiro atoms. The first-order chi connectivity index (χ1) is 17.9. The van der Waals surface area contributed by atoms with Crippen LogP contribution in [0, 0.1) is 0 Å². The highest BCUT2D eigenvalue weighted by Gasteiger charge is 2.45. The number of benzene rings is 2. The fraction of sp³-hybridized carbons (Fsp3) is 0.185. The number of fused-ring (bicyclic) bond motifs is 1. The minimum absolute atomic E-state index is 0.0617. The van der Waals surface area contributed by atoms with Crippen LogP contribution in [0.4, 0.5) is 0 Å². The van der Waals surface area contributed by atoms with Crippen molar-refractivity contribution in [1.29, 1.82) is 0 Å². The minimum Gasteiger partial charge on any atom is -0.503 e. The molecule has 190 valence electrons. The summed E-state index contributed by atoms with van der Waals surface area (Å²) in [6.45, 7) is 0.194. The molecule has 8 nitrogen and oxygen atoms in total. The van der Waals surface area contributed by atoms with Gasteiger partial charge in [0.25, 0.3) is 5.91 Å². The van der Waals surface area contributed by atoms with E-state index in [0.717, 1.165) is 4.88 Å². The number of nitrogens with zero attached hydrogens (tertiary/aromatic N) is 1. The lowest BCUT2D eigenvalue weighted by atomic mass is 9.94. The van der Waals surface area contributed by atoms with Gasteiger partial charge in [0.05, 0.1) is 39.5 Å². The molecule has 1 amide bonds. The van der Waals surface area contributed by atoms with Crippen LogP contribution in [0.15, 0.2) is 69.7 Å². The number of halogens is 1. The van der Waals surface area contributed by atoms with Gasteiger partial charge in [-0.2, -0.15) is 0 Å². The first kappa shape index (κ1) is 24.7. The van der Waals surface area contributed by atoms with Crippen LogP contribution in [0.25, 0.3) is 11.0 Å². The third-order valence-corrected chi connectivity index (χ3v) is 7.25. The number of amides is 1. The van der Waals surface area contributed by atoms with Gasteiger partial charge in [0.15, 0.2) is 34.4 Å². The topological polar surface area (TPSA) is 98.4 Å². The van der Waals surface area contributed by atoms with Crippen LogP contribution in [0.2, 0.25) is 5.02 Å². The maximum Gasteiger partial charge on any atom is 0.290 e. The Balaban J connectivity index is 1.64. The minimum atomic E-state index is -0.902. The number of methoxy groups -OCH3 is 3. The number of hydrogen-bond donors (Lipinski definition) is 1. The second-order valence-corrected chi connectivity index (χ2v) is 9.73. The van der Waals surface area contributed by atoms with Gasteiger partial charge in [0, 0.05) is 21.4 Å². The number of carbonyl (C=O) groups is 2. The second kappa shape index (κ2) is 9.84. The van der Waals surface area contributed by atoms with E-state index in [1.165, 1.54) is 43.6 Å². The van der Waals surface area contributed by atoms with Gasteiger partial charge in [-0.1, -0.05) is 23.7 Å². The zero-order valence-electron chi connectivity index (χ0n) is 20.1. The number of aliphatic hydroxyl groups excluding tert-OH is 1. The van der Waals surface area contributed by atoms with Crippen molar-refractivity contribution in [2.45, 2.75) is 12.6 Å². The van der Waals surface area contributed by atoms with E-state index in [1.807, 2.05) is 17.5 Å².